The first-order chi connectivity index (χ1) is 20.3. The highest BCUT2D eigenvalue weighted by Gasteiger charge is 2.42. The maximum Gasteiger partial charge on any atom is 0.316 e. The molecular weight excluding hydrogens is 540 g/mol. The number of methoxy groups -OCH3 is 3. The number of piperidine rings is 3. The molecule has 0 radical (unpaired) electrons. The van der Waals surface area contributed by atoms with Gasteiger partial charge in [0.1, 0.15) is 5.75 Å². The van der Waals surface area contributed by atoms with Gasteiger partial charge in [0.25, 0.3) is 0 Å². The minimum atomic E-state index is -1.00. The summed E-state index contributed by atoms with van der Waals surface area (Å²) in [6.07, 6.45) is 8.30. The number of hydrogen-bond donors (Lipinski definition) is 2. The molecule has 3 saturated heterocycles. The van der Waals surface area contributed by atoms with E-state index in [9.17, 15) is 14.7 Å². The van der Waals surface area contributed by atoms with Crippen LogP contribution in [0.15, 0.2) is 55.5 Å². The first-order valence-corrected chi connectivity index (χ1v) is 13.9. The topological polar surface area (TPSA) is 144 Å². The molecule has 42 heavy (non-hydrogen) atoms. The first kappa shape index (κ1) is 30.9. The van der Waals surface area contributed by atoms with Gasteiger partial charge in [-0.05, 0) is 66.6 Å². The highest BCUT2D eigenvalue weighted by Crippen LogP contribution is 2.42. The molecule has 0 amide bonds. The molecule has 224 valence electrons. The summed E-state index contributed by atoms with van der Waals surface area (Å²) in [5, 5.41) is 20.9. The molecule has 0 aliphatic carbocycles. The number of esters is 1. The minimum Gasteiger partial charge on any atom is -0.497 e. The van der Waals surface area contributed by atoms with E-state index in [4.69, 9.17) is 14.6 Å². The van der Waals surface area contributed by atoms with Gasteiger partial charge >= 0.3 is 17.9 Å². The third kappa shape index (κ3) is 7.21. The van der Waals surface area contributed by atoms with Crippen LogP contribution in [0.2, 0.25) is 0 Å². The number of aliphatic hydroxyl groups excluding tert-OH is 1. The predicted octanol–water partition coefficient (Wildman–Crippen LogP) is 3.78. The van der Waals surface area contributed by atoms with Crippen LogP contribution >= 0.6 is 0 Å². The zero-order chi connectivity index (χ0) is 30.2. The Morgan fingerprint density at radius 1 is 1.12 bits per heavy atom. The Bertz CT molecular complexity index is 1380. The monoisotopic (exact) mass is 578 g/mol. The number of nitrogens with zero attached hydrogens (tertiary/aromatic N) is 4. The number of hydrogen-bond acceptors (Lipinski definition) is 10. The molecule has 11 nitrogen and oxygen atoms in total. The summed E-state index contributed by atoms with van der Waals surface area (Å²) in [4.78, 5) is 36.6. The van der Waals surface area contributed by atoms with E-state index < -0.39 is 24.0 Å². The maximum atomic E-state index is 11.2. The first-order valence-electron chi connectivity index (χ1n) is 13.9. The summed E-state index contributed by atoms with van der Waals surface area (Å²) in [5.74, 6) is 0.0186. The molecule has 6 atom stereocenters. The molecule has 6 rings (SSSR count). The van der Waals surface area contributed by atoms with Gasteiger partial charge in [0.05, 0.1) is 45.8 Å². The number of carbonyl (C=O) groups excluding carboxylic acids is 1. The third-order valence-corrected chi connectivity index (χ3v) is 8.18. The maximum absolute atomic E-state index is 11.2. The van der Waals surface area contributed by atoms with E-state index in [1.807, 2.05) is 24.3 Å². The average Bonchev–Trinajstić information content (AvgIpc) is 3.03. The van der Waals surface area contributed by atoms with Gasteiger partial charge < -0.3 is 24.4 Å². The molecule has 2 N–H and O–H groups in total. The second kappa shape index (κ2) is 14.2. The van der Waals surface area contributed by atoms with Crippen LogP contribution in [0.25, 0.3) is 10.9 Å². The van der Waals surface area contributed by atoms with E-state index in [2.05, 4.69) is 37.2 Å². The number of carboxylic acids is 1. The fraction of sp³-hybridized carbons (Fsp3) is 0.452. The molecule has 3 aliphatic heterocycles. The summed E-state index contributed by atoms with van der Waals surface area (Å²) in [7, 11) is 4.34. The van der Waals surface area contributed by atoms with Crippen LogP contribution in [0, 0.1) is 11.8 Å². The lowest BCUT2D eigenvalue weighted by Crippen LogP contribution is -2.54. The van der Waals surface area contributed by atoms with Gasteiger partial charge in [0.2, 0.25) is 0 Å². The number of aliphatic hydroxyl groups is 1. The second-order valence-electron chi connectivity index (χ2n) is 10.6. The molecule has 2 bridgehead atoms. The lowest BCUT2D eigenvalue weighted by Gasteiger charge is -2.50. The molecule has 3 aromatic rings. The second-order valence-corrected chi connectivity index (χ2v) is 10.6. The fourth-order valence-corrected chi connectivity index (χ4v) is 5.89. The van der Waals surface area contributed by atoms with Crippen molar-refractivity contribution in [2.45, 2.75) is 43.7 Å². The number of pyridine rings is 1. The summed E-state index contributed by atoms with van der Waals surface area (Å²) >= 11 is 0. The molecule has 0 spiro atoms. The highest BCUT2D eigenvalue weighted by atomic mass is 16.5. The van der Waals surface area contributed by atoms with Crippen molar-refractivity contribution in [3.63, 3.8) is 0 Å². The number of aliphatic carboxylic acids is 1. The largest absolute Gasteiger partial charge is 0.497 e. The van der Waals surface area contributed by atoms with Gasteiger partial charge in [-0.3, -0.25) is 19.5 Å². The number of fused-ring (bicyclic) bond motifs is 4. The fourth-order valence-electron chi connectivity index (χ4n) is 5.89. The van der Waals surface area contributed by atoms with E-state index >= 15 is 0 Å². The van der Waals surface area contributed by atoms with Crippen molar-refractivity contribution >= 4 is 22.8 Å². The normalized spacial score (nSPS) is 22.3. The summed E-state index contributed by atoms with van der Waals surface area (Å²) < 4.78 is 14.7. The van der Waals surface area contributed by atoms with Gasteiger partial charge in [-0.25, -0.2) is 9.97 Å². The van der Waals surface area contributed by atoms with Crippen LogP contribution < -0.4 is 9.47 Å². The zero-order valence-corrected chi connectivity index (χ0v) is 24.2. The average molecular weight is 579 g/mol. The Kier molecular flexibility index (Phi) is 10.4. The molecule has 1 aromatic carbocycles. The zero-order valence-electron chi connectivity index (χ0n) is 24.2. The van der Waals surface area contributed by atoms with Crippen molar-refractivity contribution < 1.29 is 34.0 Å². The molecule has 11 heteroatoms. The highest BCUT2D eigenvalue weighted by molar-refractivity contribution is 5.84. The third-order valence-electron chi connectivity index (χ3n) is 8.18. The van der Waals surface area contributed by atoms with Crippen LogP contribution in [0.1, 0.15) is 48.8 Å². The molecule has 3 aliphatic rings. The minimum absolute atomic E-state index is 0.0293. The number of carboxylic acid groups (broad SMARTS) is 1. The van der Waals surface area contributed by atoms with E-state index in [1.54, 1.807) is 13.3 Å². The Morgan fingerprint density at radius 3 is 2.48 bits per heavy atom. The molecule has 1 unspecified atom stereocenters. The van der Waals surface area contributed by atoms with Crippen molar-refractivity contribution in [2.75, 3.05) is 34.4 Å². The van der Waals surface area contributed by atoms with Crippen molar-refractivity contribution in [3.05, 3.63) is 66.6 Å². The van der Waals surface area contributed by atoms with Crippen molar-refractivity contribution in [1.82, 2.24) is 19.9 Å². The van der Waals surface area contributed by atoms with E-state index in [1.165, 1.54) is 33.0 Å². The van der Waals surface area contributed by atoms with E-state index in [0.717, 1.165) is 41.7 Å². The van der Waals surface area contributed by atoms with Crippen molar-refractivity contribution in [2.24, 2.45) is 11.8 Å². The van der Waals surface area contributed by atoms with Gasteiger partial charge in [-0.2, -0.15) is 0 Å². The smallest absolute Gasteiger partial charge is 0.316 e. The number of benzene rings is 1. The Balaban J connectivity index is 0.000000202. The number of ether oxygens (including phenoxy) is 3. The summed E-state index contributed by atoms with van der Waals surface area (Å²) in [6.45, 7) is 6.07. The Morgan fingerprint density at radius 2 is 1.88 bits per heavy atom. The number of carbonyl (C=O) groups is 2. The lowest BCUT2D eigenvalue weighted by atomic mass is 9.73. The summed E-state index contributed by atoms with van der Waals surface area (Å²) in [5.41, 5.74) is 2.41. The van der Waals surface area contributed by atoms with E-state index in [-0.39, 0.29) is 24.9 Å². The van der Waals surface area contributed by atoms with Crippen molar-refractivity contribution in [1.29, 1.82) is 0 Å². The van der Waals surface area contributed by atoms with Gasteiger partial charge in [-0.15, -0.1) is 6.58 Å². The summed E-state index contributed by atoms with van der Waals surface area (Å²) in [6, 6.07) is 8.14. The predicted molar refractivity (Wildman–Crippen MR) is 155 cm³/mol. The lowest BCUT2D eigenvalue weighted by molar-refractivity contribution is -0.141. The molecule has 3 fully saturated rings. The Labute approximate surface area is 245 Å². The SMILES string of the molecule is C=C[C@H]1CN2CC[C@H]1C[C@H]2[C@H](O)c1ccnc2ccc(OC)cc12.COC(=O)C[C@H](CC(=O)O)c1cnc(OC)nc1. The Hall–Kier alpha value is -4.09. The van der Waals surface area contributed by atoms with Gasteiger partial charge in [0, 0.05) is 42.5 Å². The van der Waals surface area contributed by atoms with Crippen LogP contribution in [0.5, 0.6) is 11.8 Å². The van der Waals surface area contributed by atoms with Crippen LogP contribution in [0.4, 0.5) is 0 Å². The van der Waals surface area contributed by atoms with Crippen molar-refractivity contribution in [3.8, 4) is 11.8 Å². The van der Waals surface area contributed by atoms with Crippen LogP contribution in [-0.4, -0.2) is 82.5 Å². The molecule has 2 aromatic heterocycles. The van der Waals surface area contributed by atoms with Crippen LogP contribution in [0.3, 0.4) is 0 Å². The number of rotatable bonds is 10. The van der Waals surface area contributed by atoms with Crippen LogP contribution in [-0.2, 0) is 14.3 Å². The quantitative estimate of drug-likeness (QED) is 0.268. The number of aromatic nitrogens is 3. The molecule has 0 saturated carbocycles. The van der Waals surface area contributed by atoms with Gasteiger partial charge in [0.15, 0.2) is 0 Å². The molecule has 5 heterocycles. The van der Waals surface area contributed by atoms with E-state index in [0.29, 0.717) is 17.4 Å². The standard InChI is InChI=1S/C20H24N2O2.C11H14N2O5/c1-3-13-12-22-9-7-14(13)10-19(22)20(23)16-6-8-21-18-5-4-15(24-2)11-17(16)18;1-17-10(16)4-7(3-9(14)15)8-5-12-11(18-2)13-6-8/h3-6,8,11,13-14,19-20,23H,1,7,9-10,12H2,2H3;5-7H,3-4H2,1-2H3,(H,14,15)/t13-,14-,19-,20+;7-/m00/s1. The van der Waals surface area contributed by atoms with Gasteiger partial charge in [-0.1, -0.05) is 6.08 Å². The molecular formula is C31H38N4O7.